The van der Waals surface area contributed by atoms with Crippen LogP contribution in [0.15, 0.2) is 53.6 Å². The molecule has 0 aliphatic carbocycles. The van der Waals surface area contributed by atoms with Crippen molar-refractivity contribution < 1.29 is 14.3 Å². The number of hydrogen-bond acceptors (Lipinski definition) is 5. The van der Waals surface area contributed by atoms with Crippen LogP contribution >= 0.6 is 0 Å². The van der Waals surface area contributed by atoms with Gasteiger partial charge in [0.2, 0.25) is 0 Å². The first kappa shape index (κ1) is 16.4. The molecule has 0 fully saturated rings. The first-order valence-corrected chi connectivity index (χ1v) is 7.05. The minimum Gasteiger partial charge on any atom is -0.497 e. The number of benzene rings is 2. The van der Waals surface area contributed by atoms with Crippen LogP contribution in [-0.4, -0.2) is 32.9 Å². The number of amides is 1. The third-order valence-electron chi connectivity index (χ3n) is 3.00. The standard InChI is InChI=1S/C17H19N3O3/c1-22-15-8-13(9-16(10-15)23-2)11-19-20-17(21)12-18-14-6-4-3-5-7-14/h3-11,18H,12H2,1-2H3,(H,20,21)/b19-11+. The van der Waals surface area contributed by atoms with Crippen LogP contribution in [0.2, 0.25) is 0 Å². The predicted octanol–water partition coefficient (Wildman–Crippen LogP) is 2.27. The first-order chi connectivity index (χ1) is 11.2. The van der Waals surface area contributed by atoms with Gasteiger partial charge in [-0.3, -0.25) is 4.79 Å². The van der Waals surface area contributed by atoms with Crippen molar-refractivity contribution >= 4 is 17.8 Å². The van der Waals surface area contributed by atoms with Gasteiger partial charge < -0.3 is 14.8 Å². The van der Waals surface area contributed by atoms with E-state index in [9.17, 15) is 4.79 Å². The summed E-state index contributed by atoms with van der Waals surface area (Å²) in [5.74, 6) is 1.07. The highest BCUT2D eigenvalue weighted by Crippen LogP contribution is 2.21. The number of carbonyl (C=O) groups excluding carboxylic acids is 1. The van der Waals surface area contributed by atoms with Gasteiger partial charge in [-0.15, -0.1) is 0 Å². The SMILES string of the molecule is COc1cc(/C=N/NC(=O)CNc2ccccc2)cc(OC)c1. The van der Waals surface area contributed by atoms with E-state index in [-0.39, 0.29) is 12.5 Å². The van der Waals surface area contributed by atoms with Gasteiger partial charge in [0, 0.05) is 17.3 Å². The minimum atomic E-state index is -0.236. The van der Waals surface area contributed by atoms with E-state index in [1.54, 1.807) is 32.4 Å². The van der Waals surface area contributed by atoms with Crippen LogP contribution in [0.5, 0.6) is 11.5 Å². The number of nitrogens with one attached hydrogen (secondary N) is 2. The fourth-order valence-electron chi connectivity index (χ4n) is 1.86. The second kappa shape index (κ2) is 8.43. The van der Waals surface area contributed by atoms with E-state index in [1.807, 2.05) is 30.3 Å². The Kier molecular flexibility index (Phi) is 5.99. The topological polar surface area (TPSA) is 72.0 Å². The quantitative estimate of drug-likeness (QED) is 0.607. The van der Waals surface area contributed by atoms with Crippen molar-refractivity contribution in [3.05, 3.63) is 54.1 Å². The summed E-state index contributed by atoms with van der Waals surface area (Å²) in [6, 6.07) is 14.8. The average molecular weight is 313 g/mol. The Morgan fingerprint density at radius 2 is 1.74 bits per heavy atom. The van der Waals surface area contributed by atoms with Crippen molar-refractivity contribution in [2.24, 2.45) is 5.10 Å². The van der Waals surface area contributed by atoms with E-state index in [2.05, 4.69) is 15.8 Å². The number of methoxy groups -OCH3 is 2. The second-order valence-electron chi connectivity index (χ2n) is 4.66. The Morgan fingerprint density at radius 3 is 2.35 bits per heavy atom. The Bertz CT molecular complexity index is 650. The molecule has 0 aromatic heterocycles. The molecule has 0 heterocycles. The molecular weight excluding hydrogens is 294 g/mol. The molecule has 6 nitrogen and oxygen atoms in total. The zero-order chi connectivity index (χ0) is 16.5. The summed E-state index contributed by atoms with van der Waals surface area (Å²) in [5, 5.41) is 6.93. The molecule has 0 saturated carbocycles. The highest BCUT2D eigenvalue weighted by atomic mass is 16.5. The van der Waals surface area contributed by atoms with E-state index < -0.39 is 0 Å². The van der Waals surface area contributed by atoms with E-state index >= 15 is 0 Å². The molecular formula is C17H19N3O3. The molecule has 23 heavy (non-hydrogen) atoms. The summed E-state index contributed by atoms with van der Waals surface area (Å²) in [6.07, 6.45) is 1.53. The molecule has 2 aromatic rings. The highest BCUT2D eigenvalue weighted by molar-refractivity contribution is 5.85. The predicted molar refractivity (Wildman–Crippen MR) is 90.2 cm³/mol. The third kappa shape index (κ3) is 5.35. The van der Waals surface area contributed by atoms with Gasteiger partial charge >= 0.3 is 0 Å². The van der Waals surface area contributed by atoms with Crippen LogP contribution in [0.4, 0.5) is 5.69 Å². The zero-order valence-corrected chi connectivity index (χ0v) is 13.1. The Morgan fingerprint density at radius 1 is 1.09 bits per heavy atom. The molecule has 0 radical (unpaired) electrons. The molecule has 1 amide bonds. The lowest BCUT2D eigenvalue weighted by Gasteiger charge is -2.06. The van der Waals surface area contributed by atoms with Crippen molar-refractivity contribution in [3.63, 3.8) is 0 Å². The molecule has 0 saturated heterocycles. The maximum Gasteiger partial charge on any atom is 0.259 e. The number of hydrogen-bond donors (Lipinski definition) is 2. The summed E-state index contributed by atoms with van der Waals surface area (Å²) in [7, 11) is 3.15. The number of nitrogens with zero attached hydrogens (tertiary/aromatic N) is 1. The number of ether oxygens (including phenoxy) is 2. The number of rotatable bonds is 7. The van der Waals surface area contributed by atoms with Gasteiger partial charge in [0.05, 0.1) is 27.0 Å². The normalized spacial score (nSPS) is 10.3. The molecule has 2 aromatic carbocycles. The van der Waals surface area contributed by atoms with Crippen molar-refractivity contribution in [1.82, 2.24) is 5.43 Å². The van der Waals surface area contributed by atoms with Gasteiger partial charge in [0.1, 0.15) is 11.5 Å². The largest absolute Gasteiger partial charge is 0.497 e. The van der Waals surface area contributed by atoms with Gasteiger partial charge in [-0.25, -0.2) is 5.43 Å². The lowest BCUT2D eigenvalue weighted by molar-refractivity contribution is -0.119. The van der Waals surface area contributed by atoms with Gasteiger partial charge in [-0.2, -0.15) is 5.10 Å². The van der Waals surface area contributed by atoms with Crippen LogP contribution in [0, 0.1) is 0 Å². The lowest BCUT2D eigenvalue weighted by Crippen LogP contribution is -2.25. The van der Waals surface area contributed by atoms with Crippen molar-refractivity contribution in [2.75, 3.05) is 26.1 Å². The molecule has 0 bridgehead atoms. The molecule has 2 N–H and O–H groups in total. The molecule has 6 heteroatoms. The van der Waals surface area contributed by atoms with Crippen LogP contribution < -0.4 is 20.2 Å². The Labute approximate surface area is 135 Å². The van der Waals surface area contributed by atoms with Crippen LogP contribution in [0.3, 0.4) is 0 Å². The summed E-state index contributed by atoms with van der Waals surface area (Å²) >= 11 is 0. The number of anilines is 1. The van der Waals surface area contributed by atoms with Crippen molar-refractivity contribution in [1.29, 1.82) is 0 Å². The van der Waals surface area contributed by atoms with Crippen LogP contribution in [0.25, 0.3) is 0 Å². The maximum absolute atomic E-state index is 11.7. The Hall–Kier alpha value is -3.02. The highest BCUT2D eigenvalue weighted by Gasteiger charge is 2.01. The number of para-hydroxylation sites is 1. The van der Waals surface area contributed by atoms with Gasteiger partial charge in [0.25, 0.3) is 5.91 Å². The fourth-order valence-corrected chi connectivity index (χ4v) is 1.86. The maximum atomic E-state index is 11.7. The van der Waals surface area contributed by atoms with Crippen LogP contribution in [0.1, 0.15) is 5.56 Å². The van der Waals surface area contributed by atoms with Gasteiger partial charge in [-0.05, 0) is 24.3 Å². The third-order valence-corrected chi connectivity index (χ3v) is 3.00. The van der Waals surface area contributed by atoms with Crippen molar-refractivity contribution in [2.45, 2.75) is 0 Å². The fraction of sp³-hybridized carbons (Fsp3) is 0.176. The summed E-state index contributed by atoms with van der Waals surface area (Å²) in [5.41, 5.74) is 4.10. The molecule has 0 atom stereocenters. The zero-order valence-electron chi connectivity index (χ0n) is 13.1. The monoisotopic (exact) mass is 313 g/mol. The Balaban J connectivity index is 1.87. The summed E-state index contributed by atoms with van der Waals surface area (Å²) < 4.78 is 10.3. The number of hydrazone groups is 1. The smallest absolute Gasteiger partial charge is 0.259 e. The van der Waals surface area contributed by atoms with E-state index in [0.29, 0.717) is 11.5 Å². The van der Waals surface area contributed by atoms with Gasteiger partial charge in [-0.1, -0.05) is 18.2 Å². The van der Waals surface area contributed by atoms with E-state index in [1.165, 1.54) is 6.21 Å². The number of carbonyl (C=O) groups is 1. The molecule has 0 spiro atoms. The molecule has 2 rings (SSSR count). The first-order valence-electron chi connectivity index (χ1n) is 7.05. The minimum absolute atomic E-state index is 0.142. The molecule has 120 valence electrons. The second-order valence-corrected chi connectivity index (χ2v) is 4.66. The molecule has 0 aliphatic rings. The van der Waals surface area contributed by atoms with E-state index in [0.717, 1.165) is 11.3 Å². The molecule has 0 aliphatic heterocycles. The summed E-state index contributed by atoms with van der Waals surface area (Å²) in [4.78, 5) is 11.7. The van der Waals surface area contributed by atoms with E-state index in [4.69, 9.17) is 9.47 Å². The molecule has 0 unspecified atom stereocenters. The average Bonchev–Trinajstić information content (AvgIpc) is 2.60. The van der Waals surface area contributed by atoms with Crippen LogP contribution in [-0.2, 0) is 4.79 Å². The van der Waals surface area contributed by atoms with Gasteiger partial charge in [0.15, 0.2) is 0 Å². The lowest BCUT2D eigenvalue weighted by atomic mass is 10.2. The summed E-state index contributed by atoms with van der Waals surface area (Å²) in [6.45, 7) is 0.142. The van der Waals surface area contributed by atoms with Crippen molar-refractivity contribution in [3.8, 4) is 11.5 Å².